The van der Waals surface area contributed by atoms with E-state index in [1.807, 2.05) is 4.68 Å². The molecule has 0 bridgehead atoms. The summed E-state index contributed by atoms with van der Waals surface area (Å²) in [6.07, 6.45) is 5.52. The molecule has 1 saturated carbocycles. The van der Waals surface area contributed by atoms with Crippen molar-refractivity contribution in [3.8, 4) is 0 Å². The van der Waals surface area contributed by atoms with E-state index in [1.165, 1.54) is 31.4 Å². The molecule has 12 heavy (non-hydrogen) atoms. The molecule has 66 valence electrons. The Bertz CT molecular complexity index is 269. The van der Waals surface area contributed by atoms with E-state index in [2.05, 4.69) is 25.1 Å². The van der Waals surface area contributed by atoms with Gasteiger partial charge in [-0.15, -0.1) is 0 Å². The summed E-state index contributed by atoms with van der Waals surface area (Å²) in [5, 5.41) is 4.37. The summed E-state index contributed by atoms with van der Waals surface area (Å²) >= 11 is 0. The van der Waals surface area contributed by atoms with Gasteiger partial charge in [0.15, 0.2) is 0 Å². The quantitative estimate of drug-likeness (QED) is 0.623. The number of hydrogen-bond donors (Lipinski definition) is 0. The number of aryl methyl sites for hydroxylation is 2. The lowest BCUT2D eigenvalue weighted by Gasteiger charge is -2.07. The Morgan fingerprint density at radius 1 is 1.42 bits per heavy atom. The highest BCUT2D eigenvalue weighted by Crippen LogP contribution is 2.33. The van der Waals surface area contributed by atoms with Gasteiger partial charge < -0.3 is 0 Å². The maximum atomic E-state index is 4.37. The minimum Gasteiger partial charge on any atom is -0.272 e. The normalized spacial score (nSPS) is 18.8. The molecule has 1 aromatic rings. The molecule has 0 amide bonds. The van der Waals surface area contributed by atoms with E-state index in [9.17, 15) is 0 Å². The average molecular weight is 164 g/mol. The van der Waals surface area contributed by atoms with Crippen LogP contribution >= 0.6 is 0 Å². The summed E-state index contributed by atoms with van der Waals surface area (Å²) in [4.78, 5) is 0. The fraction of sp³-hybridized carbons (Fsp3) is 0.700. The molecule has 0 saturated heterocycles. The monoisotopic (exact) mass is 164 g/mol. The van der Waals surface area contributed by atoms with Crippen molar-refractivity contribution in [3.63, 3.8) is 0 Å². The van der Waals surface area contributed by atoms with E-state index in [4.69, 9.17) is 0 Å². The highest BCUT2D eigenvalue weighted by Gasteiger charge is 2.19. The van der Waals surface area contributed by atoms with Crippen molar-refractivity contribution in [3.05, 3.63) is 17.5 Å². The molecule has 0 aliphatic heterocycles. The third-order valence-electron chi connectivity index (χ3n) is 2.81. The molecule has 1 heterocycles. The standard InChI is InChI=1S/C10H16N2/c1-8-7-10(12(2)11-8)9-5-3-4-6-9/h7,9H,3-6H2,1-2H3. The summed E-state index contributed by atoms with van der Waals surface area (Å²) in [5.74, 6) is 0.788. The van der Waals surface area contributed by atoms with Gasteiger partial charge >= 0.3 is 0 Å². The first-order valence-corrected chi connectivity index (χ1v) is 4.78. The van der Waals surface area contributed by atoms with E-state index in [-0.39, 0.29) is 0 Å². The van der Waals surface area contributed by atoms with Crippen LogP contribution in [0.1, 0.15) is 43.0 Å². The first-order valence-electron chi connectivity index (χ1n) is 4.78. The van der Waals surface area contributed by atoms with Crippen LogP contribution < -0.4 is 0 Å². The Kier molecular flexibility index (Phi) is 1.91. The number of nitrogens with zero attached hydrogens (tertiary/aromatic N) is 2. The van der Waals surface area contributed by atoms with E-state index < -0.39 is 0 Å². The smallest absolute Gasteiger partial charge is 0.0596 e. The summed E-state index contributed by atoms with van der Waals surface area (Å²) in [7, 11) is 2.06. The Balaban J connectivity index is 2.25. The fourth-order valence-electron chi connectivity index (χ4n) is 2.23. The van der Waals surface area contributed by atoms with Gasteiger partial charge in [0.1, 0.15) is 0 Å². The van der Waals surface area contributed by atoms with Gasteiger partial charge in [-0.2, -0.15) is 5.10 Å². The molecule has 0 atom stereocenters. The average Bonchev–Trinajstić information content (AvgIpc) is 2.58. The first kappa shape index (κ1) is 7.84. The van der Waals surface area contributed by atoms with Crippen LogP contribution in [0, 0.1) is 6.92 Å². The molecular weight excluding hydrogens is 148 g/mol. The molecule has 0 spiro atoms. The van der Waals surface area contributed by atoms with Gasteiger partial charge in [-0.1, -0.05) is 12.8 Å². The zero-order valence-corrected chi connectivity index (χ0v) is 7.88. The van der Waals surface area contributed by atoms with Crippen molar-refractivity contribution < 1.29 is 0 Å². The van der Waals surface area contributed by atoms with Gasteiger partial charge in [0.05, 0.1) is 5.69 Å². The van der Waals surface area contributed by atoms with Crippen LogP contribution in [0.15, 0.2) is 6.07 Å². The highest BCUT2D eigenvalue weighted by molar-refractivity contribution is 5.14. The van der Waals surface area contributed by atoms with Gasteiger partial charge in [-0.05, 0) is 25.8 Å². The lowest BCUT2D eigenvalue weighted by Crippen LogP contribution is -2.01. The Labute approximate surface area is 73.6 Å². The van der Waals surface area contributed by atoms with E-state index in [0.717, 1.165) is 11.6 Å². The first-order chi connectivity index (χ1) is 5.77. The number of aromatic nitrogens is 2. The lowest BCUT2D eigenvalue weighted by molar-refractivity contribution is 0.615. The molecule has 0 aromatic carbocycles. The van der Waals surface area contributed by atoms with Crippen molar-refractivity contribution in [2.45, 2.75) is 38.5 Å². The van der Waals surface area contributed by atoms with Crippen LogP contribution in [0.2, 0.25) is 0 Å². The zero-order chi connectivity index (χ0) is 8.55. The SMILES string of the molecule is Cc1cc(C2CCCC2)n(C)n1. The highest BCUT2D eigenvalue weighted by atomic mass is 15.3. The lowest BCUT2D eigenvalue weighted by atomic mass is 10.0. The second kappa shape index (κ2) is 2.92. The van der Waals surface area contributed by atoms with Crippen LogP contribution in [-0.4, -0.2) is 9.78 Å². The van der Waals surface area contributed by atoms with Crippen molar-refractivity contribution in [2.24, 2.45) is 7.05 Å². The second-order valence-corrected chi connectivity index (χ2v) is 3.82. The topological polar surface area (TPSA) is 17.8 Å². The van der Waals surface area contributed by atoms with Gasteiger partial charge in [0, 0.05) is 18.7 Å². The van der Waals surface area contributed by atoms with Crippen LogP contribution in [0.25, 0.3) is 0 Å². The maximum absolute atomic E-state index is 4.37. The molecule has 2 nitrogen and oxygen atoms in total. The van der Waals surface area contributed by atoms with Crippen LogP contribution in [0.4, 0.5) is 0 Å². The van der Waals surface area contributed by atoms with Crippen molar-refractivity contribution >= 4 is 0 Å². The Hall–Kier alpha value is -0.790. The molecule has 1 aliphatic carbocycles. The van der Waals surface area contributed by atoms with Crippen LogP contribution in [-0.2, 0) is 7.05 Å². The summed E-state index contributed by atoms with van der Waals surface area (Å²) in [6, 6.07) is 2.23. The molecule has 1 fully saturated rings. The van der Waals surface area contributed by atoms with Crippen molar-refractivity contribution in [1.82, 2.24) is 9.78 Å². The maximum Gasteiger partial charge on any atom is 0.0596 e. The number of rotatable bonds is 1. The molecule has 1 aliphatic rings. The second-order valence-electron chi connectivity index (χ2n) is 3.82. The Morgan fingerprint density at radius 3 is 2.58 bits per heavy atom. The molecule has 0 N–H and O–H groups in total. The molecule has 2 heteroatoms. The molecule has 1 aromatic heterocycles. The van der Waals surface area contributed by atoms with Crippen molar-refractivity contribution in [1.29, 1.82) is 0 Å². The fourth-order valence-corrected chi connectivity index (χ4v) is 2.23. The van der Waals surface area contributed by atoms with Gasteiger partial charge in [0.2, 0.25) is 0 Å². The summed E-state index contributed by atoms with van der Waals surface area (Å²) in [5.41, 5.74) is 2.59. The molecular formula is C10H16N2. The number of hydrogen-bond acceptors (Lipinski definition) is 1. The summed E-state index contributed by atoms with van der Waals surface area (Å²) in [6.45, 7) is 2.07. The van der Waals surface area contributed by atoms with E-state index in [1.54, 1.807) is 0 Å². The van der Waals surface area contributed by atoms with Gasteiger partial charge in [0.25, 0.3) is 0 Å². The molecule has 0 unspecified atom stereocenters. The largest absolute Gasteiger partial charge is 0.272 e. The van der Waals surface area contributed by atoms with E-state index >= 15 is 0 Å². The molecule has 2 rings (SSSR count). The molecule has 0 radical (unpaired) electrons. The Morgan fingerprint density at radius 2 is 2.08 bits per heavy atom. The predicted octanol–water partition coefficient (Wildman–Crippen LogP) is 2.39. The minimum absolute atomic E-state index is 0.788. The third-order valence-corrected chi connectivity index (χ3v) is 2.81. The van der Waals surface area contributed by atoms with Crippen LogP contribution in [0.3, 0.4) is 0 Å². The minimum atomic E-state index is 0.788. The van der Waals surface area contributed by atoms with E-state index in [0.29, 0.717) is 0 Å². The van der Waals surface area contributed by atoms with Gasteiger partial charge in [-0.3, -0.25) is 4.68 Å². The third kappa shape index (κ3) is 1.26. The zero-order valence-electron chi connectivity index (χ0n) is 7.88. The van der Waals surface area contributed by atoms with Crippen molar-refractivity contribution in [2.75, 3.05) is 0 Å². The predicted molar refractivity (Wildman–Crippen MR) is 49.2 cm³/mol. The van der Waals surface area contributed by atoms with Crippen LogP contribution in [0.5, 0.6) is 0 Å². The summed E-state index contributed by atoms with van der Waals surface area (Å²) < 4.78 is 2.05. The van der Waals surface area contributed by atoms with Gasteiger partial charge in [-0.25, -0.2) is 0 Å².